The van der Waals surface area contributed by atoms with Gasteiger partial charge >= 0.3 is 5.97 Å². The molecule has 0 spiro atoms. The van der Waals surface area contributed by atoms with Crippen molar-refractivity contribution in [1.82, 2.24) is 0 Å². The van der Waals surface area contributed by atoms with Gasteiger partial charge in [-0.05, 0) is 25.1 Å². The molecule has 0 aliphatic rings. The van der Waals surface area contributed by atoms with Crippen LogP contribution in [0.25, 0.3) is 17.0 Å². The molecular formula is C16H14O6. The smallest absolute Gasteiger partial charge is 0.338 e. The molecule has 0 bridgehead atoms. The van der Waals surface area contributed by atoms with E-state index in [1.807, 2.05) is 0 Å². The average Bonchev–Trinajstić information content (AvgIpc) is 2.52. The topological polar surface area (TPSA) is 82.8 Å². The van der Waals surface area contributed by atoms with Crippen LogP contribution in [0.2, 0.25) is 0 Å². The van der Waals surface area contributed by atoms with Crippen molar-refractivity contribution in [3.05, 3.63) is 45.8 Å². The van der Waals surface area contributed by atoms with Crippen LogP contribution >= 0.6 is 0 Å². The number of ketones is 1. The van der Waals surface area contributed by atoms with Gasteiger partial charge in [0.15, 0.2) is 5.78 Å². The van der Waals surface area contributed by atoms with E-state index in [-0.39, 0.29) is 27.9 Å². The third kappa shape index (κ3) is 2.90. The van der Waals surface area contributed by atoms with Crippen LogP contribution in [0.3, 0.4) is 0 Å². The minimum atomic E-state index is -0.677. The van der Waals surface area contributed by atoms with Crippen LogP contribution in [0.1, 0.15) is 22.8 Å². The predicted molar refractivity (Wildman–Crippen MR) is 80.1 cm³/mol. The summed E-state index contributed by atoms with van der Waals surface area (Å²) in [6, 6.07) is 2.91. The summed E-state index contributed by atoms with van der Waals surface area (Å²) in [4.78, 5) is 35.4. The number of allylic oxidation sites excluding steroid dienone is 1. The van der Waals surface area contributed by atoms with Gasteiger partial charge in [-0.15, -0.1) is 0 Å². The quantitative estimate of drug-likeness (QED) is 0.636. The first-order chi connectivity index (χ1) is 10.5. The lowest BCUT2D eigenvalue weighted by atomic mass is 10.1. The van der Waals surface area contributed by atoms with Gasteiger partial charge in [-0.1, -0.05) is 0 Å². The highest BCUT2D eigenvalue weighted by Crippen LogP contribution is 2.24. The van der Waals surface area contributed by atoms with Gasteiger partial charge in [0.2, 0.25) is 5.43 Å². The van der Waals surface area contributed by atoms with Crippen molar-refractivity contribution in [3.8, 4) is 5.75 Å². The molecule has 0 saturated carbocycles. The first-order valence-corrected chi connectivity index (χ1v) is 6.38. The summed E-state index contributed by atoms with van der Waals surface area (Å²) < 4.78 is 15.2. The molecule has 2 rings (SSSR count). The van der Waals surface area contributed by atoms with Crippen molar-refractivity contribution >= 4 is 28.8 Å². The summed E-state index contributed by atoms with van der Waals surface area (Å²) in [5.74, 6) is -0.519. The third-order valence-electron chi connectivity index (χ3n) is 3.02. The lowest BCUT2D eigenvalue weighted by molar-refractivity contribution is -0.112. The minimum Gasteiger partial charge on any atom is -0.497 e. The number of rotatable bonds is 4. The molecule has 22 heavy (non-hydrogen) atoms. The molecule has 114 valence electrons. The van der Waals surface area contributed by atoms with Crippen LogP contribution in [-0.2, 0) is 9.53 Å². The van der Waals surface area contributed by atoms with Gasteiger partial charge in [0.25, 0.3) is 0 Å². The van der Waals surface area contributed by atoms with E-state index >= 15 is 0 Å². The molecule has 0 saturated heterocycles. The maximum atomic E-state index is 12.5. The van der Waals surface area contributed by atoms with E-state index in [0.29, 0.717) is 5.75 Å². The summed E-state index contributed by atoms with van der Waals surface area (Å²) in [6.07, 6.45) is 3.82. The number of methoxy groups -OCH3 is 2. The molecule has 0 aliphatic heterocycles. The summed E-state index contributed by atoms with van der Waals surface area (Å²) in [5.41, 5.74) is -0.0202. The average molecular weight is 302 g/mol. The maximum Gasteiger partial charge on any atom is 0.338 e. The Kier molecular flexibility index (Phi) is 4.41. The van der Waals surface area contributed by atoms with E-state index in [2.05, 4.69) is 4.74 Å². The van der Waals surface area contributed by atoms with E-state index < -0.39 is 11.4 Å². The summed E-state index contributed by atoms with van der Waals surface area (Å²) in [7, 11) is 2.65. The molecule has 0 atom stereocenters. The zero-order chi connectivity index (χ0) is 16.3. The van der Waals surface area contributed by atoms with Crippen LogP contribution in [0.4, 0.5) is 0 Å². The van der Waals surface area contributed by atoms with Gasteiger partial charge < -0.3 is 13.9 Å². The van der Waals surface area contributed by atoms with Gasteiger partial charge in [-0.3, -0.25) is 9.59 Å². The number of fused-ring (bicyclic) bond motifs is 1. The Hall–Kier alpha value is -2.89. The van der Waals surface area contributed by atoms with Gasteiger partial charge in [0, 0.05) is 6.07 Å². The Balaban J connectivity index is 2.79. The van der Waals surface area contributed by atoms with Crippen molar-refractivity contribution in [3.63, 3.8) is 0 Å². The standard InChI is InChI=1S/C16H14O6/c1-9(17)4-5-10-8-22-13-7-11(20-2)6-12(16(19)21-3)14(13)15(10)18/h4-8H,1-3H3/b5-4+. The number of benzene rings is 1. The van der Waals surface area contributed by atoms with Gasteiger partial charge in [-0.25, -0.2) is 4.79 Å². The van der Waals surface area contributed by atoms with E-state index in [1.54, 1.807) is 0 Å². The molecule has 1 aromatic carbocycles. The Morgan fingerprint density at radius 1 is 1.23 bits per heavy atom. The van der Waals surface area contributed by atoms with E-state index in [0.717, 1.165) is 0 Å². The molecule has 2 aromatic rings. The van der Waals surface area contributed by atoms with Gasteiger partial charge in [0.1, 0.15) is 17.6 Å². The van der Waals surface area contributed by atoms with Gasteiger partial charge in [0.05, 0.1) is 30.7 Å². The molecule has 0 N–H and O–H groups in total. The lowest BCUT2D eigenvalue weighted by Gasteiger charge is -2.07. The fourth-order valence-corrected chi connectivity index (χ4v) is 1.95. The summed E-state index contributed by atoms with van der Waals surface area (Å²) >= 11 is 0. The number of hydrogen-bond donors (Lipinski definition) is 0. The fraction of sp³-hybridized carbons (Fsp3) is 0.188. The highest BCUT2D eigenvalue weighted by Gasteiger charge is 2.18. The van der Waals surface area contributed by atoms with Crippen LogP contribution in [0, 0.1) is 0 Å². The van der Waals surface area contributed by atoms with E-state index in [4.69, 9.17) is 9.15 Å². The summed E-state index contributed by atoms with van der Waals surface area (Å²) in [6.45, 7) is 1.36. The van der Waals surface area contributed by atoms with Crippen LogP contribution in [0.15, 0.2) is 33.7 Å². The maximum absolute atomic E-state index is 12.5. The molecule has 1 heterocycles. The summed E-state index contributed by atoms with van der Waals surface area (Å²) in [5, 5.41) is 0.0818. The highest BCUT2D eigenvalue weighted by atomic mass is 16.5. The number of esters is 1. The third-order valence-corrected chi connectivity index (χ3v) is 3.02. The fourth-order valence-electron chi connectivity index (χ4n) is 1.95. The predicted octanol–water partition coefficient (Wildman–Crippen LogP) is 2.19. The lowest BCUT2D eigenvalue weighted by Crippen LogP contribution is -2.12. The van der Waals surface area contributed by atoms with Crippen LogP contribution < -0.4 is 10.2 Å². The Morgan fingerprint density at radius 2 is 1.95 bits per heavy atom. The number of hydrogen-bond acceptors (Lipinski definition) is 6. The molecule has 0 aliphatic carbocycles. The molecule has 6 heteroatoms. The second kappa shape index (κ2) is 6.26. The minimum absolute atomic E-state index is 0.0451. The van der Waals surface area contributed by atoms with Gasteiger partial charge in [-0.2, -0.15) is 0 Å². The van der Waals surface area contributed by atoms with E-state index in [9.17, 15) is 14.4 Å². The zero-order valence-electron chi connectivity index (χ0n) is 12.3. The SMILES string of the molecule is COC(=O)c1cc(OC)cc2occ(/C=C/C(C)=O)c(=O)c12. The molecule has 0 unspecified atom stereocenters. The Morgan fingerprint density at radius 3 is 2.55 bits per heavy atom. The van der Waals surface area contributed by atoms with Crippen molar-refractivity contribution in [2.45, 2.75) is 6.92 Å². The van der Waals surface area contributed by atoms with Crippen molar-refractivity contribution in [2.24, 2.45) is 0 Å². The van der Waals surface area contributed by atoms with Crippen LogP contribution in [-0.4, -0.2) is 26.0 Å². The number of carbonyl (C=O) groups excluding carboxylic acids is 2. The first kappa shape index (κ1) is 15.5. The molecular weight excluding hydrogens is 288 g/mol. The Bertz CT molecular complexity index is 828. The highest BCUT2D eigenvalue weighted by molar-refractivity contribution is 6.04. The number of ether oxygens (including phenoxy) is 2. The molecule has 0 radical (unpaired) electrons. The van der Waals surface area contributed by atoms with E-state index in [1.165, 1.54) is 51.7 Å². The Labute approximate surface area is 125 Å². The molecule has 1 aromatic heterocycles. The largest absolute Gasteiger partial charge is 0.497 e. The monoisotopic (exact) mass is 302 g/mol. The molecule has 0 fully saturated rings. The first-order valence-electron chi connectivity index (χ1n) is 6.38. The molecule has 6 nitrogen and oxygen atoms in total. The van der Waals surface area contributed by atoms with Crippen LogP contribution in [0.5, 0.6) is 5.75 Å². The second-order valence-electron chi connectivity index (χ2n) is 4.50. The second-order valence-corrected chi connectivity index (χ2v) is 4.50. The zero-order valence-corrected chi connectivity index (χ0v) is 12.3. The normalized spacial score (nSPS) is 10.9. The van der Waals surface area contributed by atoms with Crippen molar-refractivity contribution < 1.29 is 23.5 Å². The molecule has 0 amide bonds. The van der Waals surface area contributed by atoms with Crippen molar-refractivity contribution in [1.29, 1.82) is 0 Å². The van der Waals surface area contributed by atoms with Crippen molar-refractivity contribution in [2.75, 3.05) is 14.2 Å². The number of carbonyl (C=O) groups is 2.